The van der Waals surface area contributed by atoms with Crippen molar-refractivity contribution in [2.45, 2.75) is 26.3 Å². The van der Waals surface area contributed by atoms with Crippen molar-refractivity contribution in [1.29, 1.82) is 0 Å². The second-order valence-electron chi connectivity index (χ2n) is 5.27. The van der Waals surface area contributed by atoms with Gasteiger partial charge in [0.05, 0.1) is 6.54 Å². The van der Waals surface area contributed by atoms with Crippen LogP contribution in [0.5, 0.6) is 0 Å². The second-order valence-corrected chi connectivity index (χ2v) is 5.27. The molecule has 0 fully saturated rings. The molecule has 21 heavy (non-hydrogen) atoms. The fourth-order valence-electron chi connectivity index (χ4n) is 1.89. The fraction of sp³-hybridized carbons (Fsp3) is 0.500. The molecule has 1 heterocycles. The van der Waals surface area contributed by atoms with Crippen LogP contribution in [0.15, 0.2) is 18.3 Å². The maximum Gasteiger partial charge on any atom is 0.326 e. The second kappa shape index (κ2) is 7.47. The molecule has 1 atom stereocenters. The number of rotatable bonds is 7. The first-order valence-electron chi connectivity index (χ1n) is 6.73. The largest absolute Gasteiger partial charge is 0.480 e. The molecule has 1 aromatic heterocycles. The normalized spacial score (nSPS) is 12.0. The molecule has 0 saturated carbocycles. The lowest BCUT2D eigenvalue weighted by atomic mass is 10.0. The number of aliphatic carboxylic acids is 1. The topological polar surface area (TPSA) is 100 Å². The van der Waals surface area contributed by atoms with E-state index in [1.54, 1.807) is 29.9 Å². The average Bonchev–Trinajstić information content (AvgIpc) is 2.81. The lowest BCUT2D eigenvalue weighted by Gasteiger charge is -2.16. The van der Waals surface area contributed by atoms with E-state index >= 15 is 0 Å². The highest BCUT2D eigenvalue weighted by Crippen LogP contribution is 2.04. The van der Waals surface area contributed by atoms with Gasteiger partial charge in [-0.2, -0.15) is 0 Å². The van der Waals surface area contributed by atoms with Crippen molar-refractivity contribution in [2.24, 2.45) is 13.0 Å². The van der Waals surface area contributed by atoms with E-state index in [0.717, 1.165) is 0 Å². The molecule has 116 valence electrons. The van der Waals surface area contributed by atoms with Crippen molar-refractivity contribution in [3.05, 3.63) is 24.0 Å². The third-order valence-corrected chi connectivity index (χ3v) is 2.93. The van der Waals surface area contributed by atoms with Gasteiger partial charge in [0.1, 0.15) is 11.7 Å². The monoisotopic (exact) mass is 295 g/mol. The average molecular weight is 295 g/mol. The van der Waals surface area contributed by atoms with Gasteiger partial charge in [0.25, 0.3) is 5.91 Å². The highest BCUT2D eigenvalue weighted by atomic mass is 16.4. The first-order valence-corrected chi connectivity index (χ1v) is 6.73. The van der Waals surface area contributed by atoms with Crippen molar-refractivity contribution in [3.8, 4) is 0 Å². The lowest BCUT2D eigenvalue weighted by molar-refractivity contribution is -0.142. The molecule has 0 aliphatic carbocycles. The minimum atomic E-state index is -1.08. The van der Waals surface area contributed by atoms with Crippen molar-refractivity contribution in [1.82, 2.24) is 15.2 Å². The summed E-state index contributed by atoms with van der Waals surface area (Å²) < 4.78 is 1.63. The Morgan fingerprint density at radius 3 is 2.48 bits per heavy atom. The third kappa shape index (κ3) is 5.29. The Kier molecular flexibility index (Phi) is 5.95. The lowest BCUT2D eigenvalue weighted by Crippen LogP contribution is -2.46. The molecular weight excluding hydrogens is 274 g/mol. The van der Waals surface area contributed by atoms with Gasteiger partial charge in [-0.3, -0.25) is 9.59 Å². The van der Waals surface area contributed by atoms with E-state index < -0.39 is 17.9 Å². The molecule has 0 aliphatic rings. The Morgan fingerprint density at radius 1 is 1.33 bits per heavy atom. The zero-order chi connectivity index (χ0) is 16.0. The summed E-state index contributed by atoms with van der Waals surface area (Å²) in [6, 6.07) is 2.41. The first kappa shape index (κ1) is 16.7. The number of nitrogens with one attached hydrogen (secondary N) is 2. The minimum Gasteiger partial charge on any atom is -0.480 e. The number of aromatic nitrogens is 1. The van der Waals surface area contributed by atoms with Gasteiger partial charge in [0, 0.05) is 13.2 Å². The van der Waals surface area contributed by atoms with Crippen LogP contribution in [0.4, 0.5) is 0 Å². The van der Waals surface area contributed by atoms with Gasteiger partial charge in [-0.1, -0.05) is 13.8 Å². The Labute approximate surface area is 123 Å². The molecule has 0 unspecified atom stereocenters. The van der Waals surface area contributed by atoms with Crippen LogP contribution in [0.3, 0.4) is 0 Å². The molecule has 0 saturated heterocycles. The van der Waals surface area contributed by atoms with E-state index in [4.69, 9.17) is 5.11 Å². The predicted molar refractivity (Wildman–Crippen MR) is 76.8 cm³/mol. The van der Waals surface area contributed by atoms with Gasteiger partial charge in [-0.05, 0) is 24.5 Å². The van der Waals surface area contributed by atoms with Gasteiger partial charge in [-0.15, -0.1) is 0 Å². The minimum absolute atomic E-state index is 0.143. The number of carboxylic acids is 1. The van der Waals surface area contributed by atoms with E-state index in [1.165, 1.54) is 0 Å². The summed E-state index contributed by atoms with van der Waals surface area (Å²) in [5.74, 6) is -1.84. The van der Waals surface area contributed by atoms with Crippen LogP contribution in [-0.2, 0) is 16.6 Å². The van der Waals surface area contributed by atoms with E-state index in [1.807, 2.05) is 13.8 Å². The molecule has 2 amide bonds. The smallest absolute Gasteiger partial charge is 0.326 e. The molecular formula is C14H21N3O4. The molecule has 7 nitrogen and oxygen atoms in total. The molecule has 0 radical (unpaired) electrons. The number of hydrogen-bond acceptors (Lipinski definition) is 3. The van der Waals surface area contributed by atoms with Crippen molar-refractivity contribution >= 4 is 17.8 Å². The fourth-order valence-corrected chi connectivity index (χ4v) is 1.89. The molecule has 1 rings (SSSR count). The zero-order valence-electron chi connectivity index (χ0n) is 12.4. The number of nitrogens with zero attached hydrogens (tertiary/aromatic N) is 1. The SMILES string of the molecule is CC(C)C[C@H](NC(=O)CNC(=O)c1cccn1C)C(=O)O. The van der Waals surface area contributed by atoms with E-state index in [2.05, 4.69) is 10.6 Å². The predicted octanol–water partition coefficient (Wildman–Crippen LogP) is 0.370. The number of hydrogen-bond donors (Lipinski definition) is 3. The molecule has 3 N–H and O–H groups in total. The molecule has 1 aromatic rings. The van der Waals surface area contributed by atoms with Crippen molar-refractivity contribution < 1.29 is 19.5 Å². The third-order valence-electron chi connectivity index (χ3n) is 2.93. The Balaban J connectivity index is 2.48. The Morgan fingerprint density at radius 2 is 2.00 bits per heavy atom. The molecule has 0 aliphatic heterocycles. The van der Waals surface area contributed by atoms with Crippen LogP contribution < -0.4 is 10.6 Å². The van der Waals surface area contributed by atoms with E-state index in [9.17, 15) is 14.4 Å². The van der Waals surface area contributed by atoms with Gasteiger partial charge in [0.15, 0.2) is 0 Å². The highest BCUT2D eigenvalue weighted by Gasteiger charge is 2.21. The maximum absolute atomic E-state index is 11.8. The van der Waals surface area contributed by atoms with Crippen LogP contribution in [0.2, 0.25) is 0 Å². The molecule has 0 spiro atoms. The number of carbonyl (C=O) groups is 3. The molecule has 7 heteroatoms. The number of carboxylic acid groups (broad SMARTS) is 1. The van der Waals surface area contributed by atoms with Gasteiger partial charge in [0.2, 0.25) is 5.91 Å². The van der Waals surface area contributed by atoms with E-state index in [0.29, 0.717) is 12.1 Å². The maximum atomic E-state index is 11.8. The first-order chi connectivity index (χ1) is 9.81. The molecule has 0 bridgehead atoms. The van der Waals surface area contributed by atoms with Crippen LogP contribution in [0, 0.1) is 5.92 Å². The van der Waals surface area contributed by atoms with Gasteiger partial charge in [-0.25, -0.2) is 4.79 Å². The standard InChI is InChI=1S/C14H21N3O4/c1-9(2)7-10(14(20)21)16-12(18)8-15-13(19)11-5-4-6-17(11)3/h4-6,9-10H,7-8H2,1-3H3,(H,15,19)(H,16,18)(H,20,21)/t10-/m0/s1. The Hall–Kier alpha value is -2.31. The summed E-state index contributed by atoms with van der Waals surface area (Å²) in [7, 11) is 1.72. The van der Waals surface area contributed by atoms with Crippen LogP contribution >= 0.6 is 0 Å². The summed E-state index contributed by atoms with van der Waals surface area (Å²) >= 11 is 0. The summed E-state index contributed by atoms with van der Waals surface area (Å²) in [6.45, 7) is 3.49. The van der Waals surface area contributed by atoms with Crippen LogP contribution in [0.25, 0.3) is 0 Å². The molecule has 0 aromatic carbocycles. The highest BCUT2D eigenvalue weighted by molar-refractivity contribution is 5.95. The summed E-state index contributed by atoms with van der Waals surface area (Å²) in [6.07, 6.45) is 2.06. The number of amides is 2. The Bertz CT molecular complexity index is 522. The van der Waals surface area contributed by atoms with Gasteiger partial charge >= 0.3 is 5.97 Å². The zero-order valence-corrected chi connectivity index (χ0v) is 12.4. The van der Waals surface area contributed by atoms with E-state index in [-0.39, 0.29) is 18.4 Å². The van der Waals surface area contributed by atoms with Crippen molar-refractivity contribution in [3.63, 3.8) is 0 Å². The van der Waals surface area contributed by atoms with Crippen LogP contribution in [-0.4, -0.2) is 40.0 Å². The van der Waals surface area contributed by atoms with Crippen LogP contribution in [0.1, 0.15) is 30.8 Å². The van der Waals surface area contributed by atoms with Crippen molar-refractivity contribution in [2.75, 3.05) is 6.54 Å². The van der Waals surface area contributed by atoms with Gasteiger partial charge < -0.3 is 20.3 Å². The summed E-state index contributed by atoms with van der Waals surface area (Å²) in [4.78, 5) is 34.5. The number of aryl methyl sites for hydroxylation is 1. The number of carbonyl (C=O) groups excluding carboxylic acids is 2. The quantitative estimate of drug-likeness (QED) is 0.676. The summed E-state index contributed by atoms with van der Waals surface area (Å²) in [5, 5.41) is 13.9. The summed E-state index contributed by atoms with van der Waals surface area (Å²) in [5.41, 5.74) is 0.430.